The highest BCUT2D eigenvalue weighted by Gasteiger charge is 2.55. The van der Waals surface area contributed by atoms with Gasteiger partial charge in [-0.2, -0.15) is 9.97 Å². The fraction of sp³-hybridized carbons (Fsp3) is 0.441. The van der Waals surface area contributed by atoms with E-state index in [9.17, 15) is 19.0 Å². The van der Waals surface area contributed by atoms with Crippen LogP contribution in [0.15, 0.2) is 30.5 Å². The van der Waals surface area contributed by atoms with Crippen LogP contribution >= 0.6 is 0 Å². The van der Waals surface area contributed by atoms with Crippen molar-refractivity contribution >= 4 is 27.5 Å². The van der Waals surface area contributed by atoms with Gasteiger partial charge in [-0.25, -0.2) is 13.2 Å². The van der Waals surface area contributed by atoms with Crippen molar-refractivity contribution < 1.29 is 28.1 Å². The number of anilines is 1. The van der Waals surface area contributed by atoms with Crippen LogP contribution in [0.1, 0.15) is 38.2 Å². The largest absolute Gasteiger partial charge is 0.508 e. The Morgan fingerprint density at radius 2 is 1.96 bits per heavy atom. The molecule has 5 fully saturated rings. The number of hydrogen-bond acceptors (Lipinski definition) is 8. The highest BCUT2D eigenvalue weighted by Crippen LogP contribution is 2.50. The Morgan fingerprint density at radius 3 is 2.71 bits per heavy atom. The van der Waals surface area contributed by atoms with E-state index >= 15 is 4.39 Å². The van der Waals surface area contributed by atoms with Gasteiger partial charge in [0.25, 0.3) is 0 Å². The van der Waals surface area contributed by atoms with E-state index in [1.165, 1.54) is 30.5 Å². The van der Waals surface area contributed by atoms with Crippen molar-refractivity contribution in [3.8, 4) is 35.4 Å². The molecule has 2 aromatic carbocycles. The standard InChI is InChI=1S/C34H32F3N5O3/c1-3-23-26(36)6-5-18-9-22(43)11-24(27(18)23)29-28(37)30-25(13-38-29)31(41-14-19-10-20(15-41)33(19,2)44)40-32(39-30)45-17-34-7-4-8-42(34)16-21(35)12-34/h1,5-6,9,11,13,19-21,43-44H,4,7-8,10,12,14-17H2,2H3/t19-,20+,21-,33?,34+/m1/s1. The van der Waals surface area contributed by atoms with Crippen LogP contribution in [0.5, 0.6) is 11.8 Å². The molecule has 9 rings (SSSR count). The fourth-order valence-electron chi connectivity index (χ4n) is 8.21. The van der Waals surface area contributed by atoms with Crippen LogP contribution in [-0.2, 0) is 0 Å². The number of hydrogen-bond donors (Lipinski definition) is 2. The number of piperidine rings is 2. The number of alkyl halides is 1. The molecule has 4 aromatic rings. The van der Waals surface area contributed by atoms with Gasteiger partial charge in [0.1, 0.15) is 41.4 Å². The van der Waals surface area contributed by atoms with Gasteiger partial charge in [0.05, 0.1) is 22.1 Å². The molecule has 2 N–H and O–H groups in total. The van der Waals surface area contributed by atoms with Crippen LogP contribution in [0.2, 0.25) is 0 Å². The minimum Gasteiger partial charge on any atom is -0.508 e. The van der Waals surface area contributed by atoms with E-state index < -0.39 is 28.9 Å². The van der Waals surface area contributed by atoms with Crippen molar-refractivity contribution in [2.24, 2.45) is 11.8 Å². The highest BCUT2D eigenvalue weighted by molar-refractivity contribution is 6.03. The van der Waals surface area contributed by atoms with E-state index in [1.54, 1.807) is 0 Å². The lowest BCUT2D eigenvalue weighted by molar-refractivity contribution is -0.145. The number of halogens is 3. The first-order valence-corrected chi connectivity index (χ1v) is 15.4. The van der Waals surface area contributed by atoms with Crippen molar-refractivity contribution in [2.75, 3.05) is 37.7 Å². The molecule has 1 saturated carbocycles. The summed E-state index contributed by atoms with van der Waals surface area (Å²) in [6.45, 7) is 4.21. The summed E-state index contributed by atoms with van der Waals surface area (Å²) in [6.07, 6.45) is 9.19. The molecule has 6 heterocycles. The second kappa shape index (κ2) is 9.93. The van der Waals surface area contributed by atoms with Crippen LogP contribution in [0.3, 0.4) is 0 Å². The van der Waals surface area contributed by atoms with Crippen molar-refractivity contribution in [1.29, 1.82) is 0 Å². The number of phenolic OH excluding ortho intramolecular Hbond substituents is 1. The van der Waals surface area contributed by atoms with Gasteiger partial charge in [0.15, 0.2) is 5.82 Å². The molecule has 5 atom stereocenters. The molecular formula is C34H32F3N5O3. The lowest BCUT2D eigenvalue weighted by atomic mass is 9.59. The average Bonchev–Trinajstić information content (AvgIpc) is 3.55. The summed E-state index contributed by atoms with van der Waals surface area (Å²) >= 11 is 0. The van der Waals surface area contributed by atoms with Gasteiger partial charge in [0.2, 0.25) is 0 Å². The van der Waals surface area contributed by atoms with Crippen molar-refractivity contribution in [2.45, 2.75) is 49.9 Å². The molecule has 5 aliphatic rings. The number of benzene rings is 2. The Morgan fingerprint density at radius 1 is 1.16 bits per heavy atom. The monoisotopic (exact) mass is 615 g/mol. The number of terminal acetylenes is 1. The van der Waals surface area contributed by atoms with Gasteiger partial charge in [-0.15, -0.1) is 6.42 Å². The third-order valence-electron chi connectivity index (χ3n) is 10.7. The maximum atomic E-state index is 16.7. The number of aromatic hydroxyl groups is 1. The van der Waals surface area contributed by atoms with Gasteiger partial charge < -0.3 is 19.8 Å². The number of ether oxygens (including phenoxy) is 1. The number of rotatable bonds is 5. The first kappa shape index (κ1) is 28.3. The van der Waals surface area contributed by atoms with Crippen molar-refractivity contribution in [3.63, 3.8) is 0 Å². The summed E-state index contributed by atoms with van der Waals surface area (Å²) in [7, 11) is 0. The molecule has 0 radical (unpaired) electrons. The number of pyridine rings is 1. The van der Waals surface area contributed by atoms with Crippen molar-refractivity contribution in [1.82, 2.24) is 19.9 Å². The third-order valence-corrected chi connectivity index (χ3v) is 10.7. The Kier molecular flexibility index (Phi) is 6.25. The molecule has 4 saturated heterocycles. The normalized spacial score (nSPS) is 29.2. The molecule has 0 amide bonds. The van der Waals surface area contributed by atoms with Gasteiger partial charge >= 0.3 is 6.01 Å². The van der Waals surface area contributed by atoms with Gasteiger partial charge in [-0.05, 0) is 56.3 Å². The summed E-state index contributed by atoms with van der Waals surface area (Å²) in [5, 5.41) is 22.4. The summed E-state index contributed by atoms with van der Waals surface area (Å²) in [4.78, 5) is 17.8. The molecule has 232 valence electrons. The average molecular weight is 616 g/mol. The topological polar surface area (TPSA) is 94.8 Å². The van der Waals surface area contributed by atoms with Gasteiger partial charge in [-0.3, -0.25) is 9.88 Å². The lowest BCUT2D eigenvalue weighted by Gasteiger charge is -2.58. The summed E-state index contributed by atoms with van der Waals surface area (Å²) < 4.78 is 52.2. The van der Waals surface area contributed by atoms with E-state index in [1.807, 2.05) is 11.8 Å². The zero-order valence-corrected chi connectivity index (χ0v) is 24.7. The quantitative estimate of drug-likeness (QED) is 0.304. The number of phenols is 1. The molecule has 8 nitrogen and oxygen atoms in total. The molecule has 4 aliphatic heterocycles. The Hall–Kier alpha value is -4.14. The second-order valence-corrected chi connectivity index (χ2v) is 13.3. The predicted molar refractivity (Wildman–Crippen MR) is 163 cm³/mol. The minimum atomic E-state index is -0.934. The van der Waals surface area contributed by atoms with E-state index in [4.69, 9.17) is 16.1 Å². The molecule has 2 aromatic heterocycles. The zero-order valence-electron chi connectivity index (χ0n) is 24.7. The summed E-state index contributed by atoms with van der Waals surface area (Å²) in [6, 6.07) is 5.36. The molecule has 1 aliphatic carbocycles. The molecule has 0 spiro atoms. The molecule has 1 unspecified atom stereocenters. The molecule has 11 heteroatoms. The Labute approximate surface area is 257 Å². The second-order valence-electron chi connectivity index (χ2n) is 13.3. The third kappa shape index (κ3) is 4.26. The van der Waals surface area contributed by atoms with Crippen LogP contribution in [0, 0.1) is 35.8 Å². The van der Waals surface area contributed by atoms with Crippen LogP contribution in [0.25, 0.3) is 32.9 Å². The summed E-state index contributed by atoms with van der Waals surface area (Å²) in [5.41, 5.74) is -1.40. The maximum absolute atomic E-state index is 16.7. The number of nitrogens with zero attached hydrogens (tertiary/aromatic N) is 5. The number of aromatic nitrogens is 3. The Bertz CT molecular complexity index is 1920. The maximum Gasteiger partial charge on any atom is 0.319 e. The smallest absolute Gasteiger partial charge is 0.319 e. The fourth-order valence-corrected chi connectivity index (χ4v) is 8.21. The first-order chi connectivity index (χ1) is 21.6. The highest BCUT2D eigenvalue weighted by atomic mass is 19.1. The van der Waals surface area contributed by atoms with Crippen LogP contribution in [0.4, 0.5) is 19.0 Å². The van der Waals surface area contributed by atoms with E-state index in [0.717, 1.165) is 25.8 Å². The number of aliphatic hydroxyl groups is 1. The van der Waals surface area contributed by atoms with E-state index in [-0.39, 0.29) is 57.9 Å². The zero-order chi connectivity index (χ0) is 31.2. The molecular weight excluding hydrogens is 583 g/mol. The van der Waals surface area contributed by atoms with E-state index in [0.29, 0.717) is 42.6 Å². The molecule has 45 heavy (non-hydrogen) atoms. The van der Waals surface area contributed by atoms with Gasteiger partial charge in [0, 0.05) is 55.0 Å². The van der Waals surface area contributed by atoms with Gasteiger partial charge in [-0.1, -0.05) is 12.0 Å². The van der Waals surface area contributed by atoms with Crippen molar-refractivity contribution in [3.05, 3.63) is 47.7 Å². The predicted octanol–water partition coefficient (Wildman–Crippen LogP) is 4.97. The lowest BCUT2D eigenvalue weighted by Crippen LogP contribution is -2.65. The van der Waals surface area contributed by atoms with E-state index in [2.05, 4.69) is 20.8 Å². The number of fused-ring (bicyclic) bond motifs is 5. The summed E-state index contributed by atoms with van der Waals surface area (Å²) in [5.74, 6) is 1.23. The SMILES string of the molecule is C#Cc1c(F)ccc2cc(O)cc(-c3ncc4c(N5C[C@H]6C[C@@H](C5)C6(C)O)nc(OC[C@@]56CCCN5C[C@H](F)C6)nc4c3F)c12. The first-order valence-electron chi connectivity index (χ1n) is 15.4. The Balaban J connectivity index is 1.27. The van der Waals surface area contributed by atoms with Crippen LogP contribution in [-0.4, -0.2) is 80.2 Å². The molecule has 2 bridgehead atoms. The van der Waals surface area contributed by atoms with Crippen LogP contribution < -0.4 is 9.64 Å². The minimum absolute atomic E-state index is 0.0318.